The van der Waals surface area contributed by atoms with E-state index < -0.39 is 12.1 Å². The molecule has 0 bridgehead atoms. The minimum atomic E-state index is -0.976. The summed E-state index contributed by atoms with van der Waals surface area (Å²) in [5, 5.41) is 9.59. The van der Waals surface area contributed by atoms with Gasteiger partial charge in [-0.05, 0) is 30.0 Å². The number of carbonyl (C=O) groups excluding carboxylic acids is 1. The number of hydrogen-bond acceptors (Lipinski definition) is 4. The lowest BCUT2D eigenvalue weighted by Gasteiger charge is -2.10. The van der Waals surface area contributed by atoms with E-state index in [1.54, 1.807) is 7.11 Å². The third-order valence-corrected chi connectivity index (χ3v) is 3.07. The molecule has 1 aromatic carbocycles. The van der Waals surface area contributed by atoms with Crippen molar-refractivity contribution in [1.82, 2.24) is 0 Å². The van der Waals surface area contributed by atoms with Crippen LogP contribution in [0.2, 0.25) is 0 Å². The fraction of sp³-hybridized carbons (Fsp3) is 0.500. The van der Waals surface area contributed by atoms with Crippen LogP contribution < -0.4 is 4.74 Å². The van der Waals surface area contributed by atoms with E-state index in [0.29, 0.717) is 12.3 Å². The molecule has 1 aliphatic carbocycles. The maximum absolute atomic E-state index is 11.5. The van der Waals surface area contributed by atoms with Gasteiger partial charge in [-0.25, -0.2) is 4.79 Å². The van der Waals surface area contributed by atoms with Gasteiger partial charge in [-0.1, -0.05) is 25.0 Å². The van der Waals surface area contributed by atoms with Crippen molar-refractivity contribution in [3.8, 4) is 5.75 Å². The molecule has 0 aromatic heterocycles. The number of methoxy groups -OCH3 is 1. The number of aliphatic hydroxyl groups excluding tert-OH is 1. The summed E-state index contributed by atoms with van der Waals surface area (Å²) in [6, 6.07) is 7.28. The van der Waals surface area contributed by atoms with Crippen molar-refractivity contribution in [2.45, 2.75) is 32.0 Å². The Labute approximate surface area is 107 Å². The van der Waals surface area contributed by atoms with Crippen molar-refractivity contribution >= 4 is 5.97 Å². The van der Waals surface area contributed by atoms with Gasteiger partial charge in [0.1, 0.15) is 12.4 Å². The molecule has 1 saturated carbocycles. The van der Waals surface area contributed by atoms with Crippen molar-refractivity contribution < 1.29 is 19.4 Å². The van der Waals surface area contributed by atoms with E-state index in [4.69, 9.17) is 9.47 Å². The molecule has 0 saturated heterocycles. The summed E-state index contributed by atoms with van der Waals surface area (Å²) in [4.78, 5) is 11.5. The molecule has 0 aliphatic heterocycles. The first-order valence-corrected chi connectivity index (χ1v) is 6.16. The molecule has 0 unspecified atom stereocenters. The molecule has 0 radical (unpaired) electrons. The van der Waals surface area contributed by atoms with E-state index in [1.165, 1.54) is 0 Å². The van der Waals surface area contributed by atoms with Gasteiger partial charge < -0.3 is 14.6 Å². The molecule has 18 heavy (non-hydrogen) atoms. The Morgan fingerprint density at radius 3 is 2.61 bits per heavy atom. The zero-order valence-corrected chi connectivity index (χ0v) is 10.5. The number of aliphatic hydroxyl groups is 1. The Hall–Kier alpha value is -1.55. The third kappa shape index (κ3) is 3.74. The molecule has 1 fully saturated rings. The van der Waals surface area contributed by atoms with Gasteiger partial charge in [-0.2, -0.15) is 0 Å². The fourth-order valence-corrected chi connectivity index (χ4v) is 1.74. The first-order chi connectivity index (χ1) is 8.69. The molecular formula is C14H18O4. The van der Waals surface area contributed by atoms with Crippen molar-refractivity contribution in [2.24, 2.45) is 5.92 Å². The highest BCUT2D eigenvalue weighted by atomic mass is 16.5. The second-order valence-electron chi connectivity index (χ2n) is 4.65. The molecule has 4 nitrogen and oxygen atoms in total. The molecule has 1 aromatic rings. The zero-order chi connectivity index (χ0) is 13.0. The molecule has 4 heteroatoms. The van der Waals surface area contributed by atoms with Crippen molar-refractivity contribution in [3.63, 3.8) is 0 Å². The predicted molar refractivity (Wildman–Crippen MR) is 66.1 cm³/mol. The lowest BCUT2D eigenvalue weighted by Crippen LogP contribution is -2.23. The summed E-state index contributed by atoms with van der Waals surface area (Å²) < 4.78 is 10.1. The van der Waals surface area contributed by atoms with Crippen LogP contribution in [0.25, 0.3) is 0 Å². The van der Waals surface area contributed by atoms with Gasteiger partial charge in [0.25, 0.3) is 0 Å². The summed E-state index contributed by atoms with van der Waals surface area (Å²) in [5.41, 5.74) is 0.878. The van der Waals surface area contributed by atoms with Crippen LogP contribution in [-0.2, 0) is 16.1 Å². The molecule has 0 amide bonds. The maximum Gasteiger partial charge on any atom is 0.335 e. The van der Waals surface area contributed by atoms with Crippen LogP contribution in [-0.4, -0.2) is 24.3 Å². The average molecular weight is 250 g/mol. The molecule has 1 atom stereocenters. The number of hydrogen-bond donors (Lipinski definition) is 1. The van der Waals surface area contributed by atoms with Crippen LogP contribution in [0.5, 0.6) is 5.75 Å². The van der Waals surface area contributed by atoms with Crippen LogP contribution >= 0.6 is 0 Å². The third-order valence-electron chi connectivity index (χ3n) is 3.07. The van der Waals surface area contributed by atoms with Gasteiger partial charge in [0.15, 0.2) is 6.10 Å². The minimum Gasteiger partial charge on any atom is -0.497 e. The molecule has 98 valence electrons. The predicted octanol–water partition coefficient (Wildman–Crippen LogP) is 1.90. The van der Waals surface area contributed by atoms with Crippen LogP contribution in [0.15, 0.2) is 24.3 Å². The molecular weight excluding hydrogens is 232 g/mol. The van der Waals surface area contributed by atoms with Gasteiger partial charge in [0.05, 0.1) is 7.11 Å². The minimum absolute atomic E-state index is 0.185. The number of ether oxygens (including phenoxy) is 2. The number of benzene rings is 1. The van der Waals surface area contributed by atoms with E-state index in [0.717, 1.165) is 24.2 Å². The summed E-state index contributed by atoms with van der Waals surface area (Å²) in [5.74, 6) is 0.741. The van der Waals surface area contributed by atoms with Gasteiger partial charge >= 0.3 is 5.97 Å². The average Bonchev–Trinajstić information content (AvgIpc) is 3.20. The van der Waals surface area contributed by atoms with E-state index in [9.17, 15) is 9.90 Å². The summed E-state index contributed by atoms with van der Waals surface area (Å²) >= 11 is 0. The lowest BCUT2D eigenvalue weighted by molar-refractivity contribution is -0.155. The molecule has 1 aliphatic rings. The van der Waals surface area contributed by atoms with Crippen molar-refractivity contribution in [3.05, 3.63) is 29.8 Å². The smallest absolute Gasteiger partial charge is 0.335 e. The normalized spacial score (nSPS) is 16.1. The first kappa shape index (κ1) is 12.9. The Morgan fingerprint density at radius 1 is 1.39 bits per heavy atom. The standard InChI is InChI=1S/C14H18O4/c1-17-12-6-4-11(5-7-12)9-18-14(16)13(15)8-10-2-3-10/h4-7,10,13,15H,2-3,8-9H2,1H3/t13-/m0/s1. The number of carbonyl (C=O) groups is 1. The summed E-state index contributed by atoms with van der Waals surface area (Å²) in [6.07, 6.45) is 1.78. The van der Waals surface area contributed by atoms with E-state index in [-0.39, 0.29) is 6.61 Å². The Bertz CT molecular complexity index is 395. The van der Waals surface area contributed by atoms with Crippen molar-refractivity contribution in [1.29, 1.82) is 0 Å². The highest BCUT2D eigenvalue weighted by Gasteiger charge is 2.28. The van der Waals surface area contributed by atoms with E-state index >= 15 is 0 Å². The fourth-order valence-electron chi connectivity index (χ4n) is 1.74. The van der Waals surface area contributed by atoms with Gasteiger partial charge in [0, 0.05) is 0 Å². The molecule has 1 N–H and O–H groups in total. The van der Waals surface area contributed by atoms with Crippen LogP contribution in [0.1, 0.15) is 24.8 Å². The second kappa shape index (κ2) is 5.87. The Morgan fingerprint density at radius 2 is 2.06 bits per heavy atom. The highest BCUT2D eigenvalue weighted by Crippen LogP contribution is 2.33. The molecule has 2 rings (SSSR count). The zero-order valence-electron chi connectivity index (χ0n) is 10.5. The van der Waals surface area contributed by atoms with Gasteiger partial charge in [-0.15, -0.1) is 0 Å². The highest BCUT2D eigenvalue weighted by molar-refractivity contribution is 5.74. The van der Waals surface area contributed by atoms with Crippen molar-refractivity contribution in [2.75, 3.05) is 7.11 Å². The SMILES string of the molecule is COc1ccc(COC(=O)[C@@H](O)CC2CC2)cc1. The number of rotatable bonds is 6. The Balaban J connectivity index is 1.76. The quantitative estimate of drug-likeness (QED) is 0.783. The monoisotopic (exact) mass is 250 g/mol. The van der Waals surface area contributed by atoms with Crippen LogP contribution in [0.3, 0.4) is 0 Å². The summed E-state index contributed by atoms with van der Waals surface area (Å²) in [6.45, 7) is 0.185. The van der Waals surface area contributed by atoms with Gasteiger partial charge in [0.2, 0.25) is 0 Å². The second-order valence-corrected chi connectivity index (χ2v) is 4.65. The largest absolute Gasteiger partial charge is 0.497 e. The summed E-state index contributed by atoms with van der Waals surface area (Å²) in [7, 11) is 1.60. The first-order valence-electron chi connectivity index (χ1n) is 6.16. The van der Waals surface area contributed by atoms with E-state index in [1.807, 2.05) is 24.3 Å². The molecule has 0 spiro atoms. The van der Waals surface area contributed by atoms with Gasteiger partial charge in [-0.3, -0.25) is 0 Å². The Kier molecular flexibility index (Phi) is 4.20. The van der Waals surface area contributed by atoms with Crippen LogP contribution in [0.4, 0.5) is 0 Å². The maximum atomic E-state index is 11.5. The number of esters is 1. The topological polar surface area (TPSA) is 55.8 Å². The van der Waals surface area contributed by atoms with Crippen LogP contribution in [0, 0.1) is 5.92 Å². The lowest BCUT2D eigenvalue weighted by atomic mass is 10.2. The molecule has 0 heterocycles. The van der Waals surface area contributed by atoms with E-state index in [2.05, 4.69) is 0 Å².